The van der Waals surface area contributed by atoms with Crippen LogP contribution in [0.4, 0.5) is 0 Å². The summed E-state index contributed by atoms with van der Waals surface area (Å²) in [5, 5.41) is 0. The Hall–Kier alpha value is -1.20. The summed E-state index contributed by atoms with van der Waals surface area (Å²) in [5.41, 5.74) is 0. The number of hydrogen-bond donors (Lipinski definition) is 2. The average Bonchev–Trinajstić information content (AvgIpc) is 2.92. The quantitative estimate of drug-likeness (QED) is 0.507. The van der Waals surface area contributed by atoms with Gasteiger partial charge in [0.05, 0.1) is 12.4 Å². The fourth-order valence-electron chi connectivity index (χ4n) is 1.18. The number of hydrogen-bond acceptors (Lipinski definition) is 2. The summed E-state index contributed by atoms with van der Waals surface area (Å²) in [4.78, 5) is 10.1. The van der Waals surface area contributed by atoms with Gasteiger partial charge >= 0.3 is 0 Å². The Morgan fingerprint density at radius 2 is 1.17 bits per heavy atom. The van der Waals surface area contributed by atoms with Crippen LogP contribution in [0.5, 0.6) is 0 Å². The van der Waals surface area contributed by atoms with Gasteiger partial charge in [0.1, 0.15) is 24.8 Å². The first-order chi connectivity index (χ1) is 7.86. The zero-order valence-corrected chi connectivity index (χ0v) is 11.9. The van der Waals surface area contributed by atoms with E-state index in [2.05, 4.69) is 9.98 Å². The van der Waals surface area contributed by atoms with Crippen LogP contribution < -0.4 is 34.6 Å². The third-order valence-electron chi connectivity index (χ3n) is 1.87. The molecule has 0 saturated heterocycles. The number of allylic oxidation sites excluding steroid dienone is 2. The molecule has 4 nitrogen and oxygen atoms in total. The number of nitrogens with one attached hydrogen (secondary N) is 2. The van der Waals surface area contributed by atoms with Gasteiger partial charge in [0.25, 0.3) is 0 Å². The zero-order valence-electron chi connectivity index (χ0n) is 10.4. The summed E-state index contributed by atoms with van der Waals surface area (Å²) in [6, 6.07) is 0. The van der Waals surface area contributed by atoms with Gasteiger partial charge < -0.3 is 24.8 Å². The number of rotatable bonds is 2. The van der Waals surface area contributed by atoms with E-state index in [0.29, 0.717) is 0 Å². The number of nitrogens with zero attached hydrogens (tertiary/aromatic N) is 2. The third-order valence-corrected chi connectivity index (χ3v) is 1.87. The molecule has 0 bridgehead atoms. The smallest absolute Gasteiger partial charge is 0.197 e. The highest BCUT2D eigenvalue weighted by atomic mass is 35.5. The maximum Gasteiger partial charge on any atom is 0.197 e. The highest BCUT2D eigenvalue weighted by Crippen LogP contribution is 1.70. The minimum absolute atomic E-state index is 0. The normalized spacial score (nSPS) is 23.0. The summed E-state index contributed by atoms with van der Waals surface area (Å²) >= 11 is 0. The summed E-state index contributed by atoms with van der Waals surface area (Å²) in [5.74, 6) is 0. The molecule has 2 aliphatic heterocycles. The van der Waals surface area contributed by atoms with Crippen molar-refractivity contribution in [3.8, 4) is 0 Å². The fraction of sp³-hybridized carbons (Fsp3) is 0.167. The molecule has 6 heteroatoms. The van der Waals surface area contributed by atoms with E-state index in [9.17, 15) is 0 Å². The van der Waals surface area contributed by atoms with Crippen molar-refractivity contribution in [2.75, 3.05) is 0 Å². The highest BCUT2D eigenvalue weighted by Gasteiger charge is 1.97. The van der Waals surface area contributed by atoms with Gasteiger partial charge in [0.2, 0.25) is 0 Å². The Labute approximate surface area is 121 Å². The number of aliphatic imine (C=N–C) groups is 2. The average molecular weight is 289 g/mol. The van der Waals surface area contributed by atoms with E-state index >= 15 is 0 Å². The molecule has 0 spiro atoms. The second kappa shape index (κ2) is 12.3. The van der Waals surface area contributed by atoms with Crippen LogP contribution in [0.15, 0.2) is 59.3 Å². The molecule has 0 saturated carbocycles. The van der Waals surface area contributed by atoms with Crippen LogP contribution in [0, 0.1) is 0 Å². The van der Waals surface area contributed by atoms with Crippen LogP contribution in [0.25, 0.3) is 0 Å². The third kappa shape index (κ3) is 7.97. The molecule has 2 atom stereocenters. The molecule has 100 valence electrons. The van der Waals surface area contributed by atoms with Gasteiger partial charge in [-0.15, -0.1) is 0 Å². The standard InChI is InChI=1S/2C6H8N2.2ClH/c2*1-2-4-8-5-3-7-6-8;;/h2*2-6H,1H3;2*1H. The van der Waals surface area contributed by atoms with E-state index in [0.717, 1.165) is 0 Å². The lowest BCUT2D eigenvalue weighted by Crippen LogP contribution is -3.00. The summed E-state index contributed by atoms with van der Waals surface area (Å²) in [6.07, 6.45) is 19.2. The second-order valence-corrected chi connectivity index (χ2v) is 3.19. The fourth-order valence-corrected chi connectivity index (χ4v) is 1.18. The maximum absolute atomic E-state index is 3.89. The maximum atomic E-state index is 3.89. The molecule has 2 aliphatic rings. The van der Waals surface area contributed by atoms with E-state index in [1.165, 1.54) is 9.80 Å². The lowest BCUT2D eigenvalue weighted by Gasteiger charge is -1.91. The molecule has 0 aliphatic carbocycles. The first kappa shape index (κ1) is 19.1. The van der Waals surface area contributed by atoms with E-state index in [4.69, 9.17) is 0 Å². The Morgan fingerprint density at radius 3 is 1.39 bits per heavy atom. The van der Waals surface area contributed by atoms with Crippen LogP contribution in [-0.2, 0) is 0 Å². The van der Waals surface area contributed by atoms with Crippen LogP contribution >= 0.6 is 0 Å². The second-order valence-electron chi connectivity index (χ2n) is 3.19. The van der Waals surface area contributed by atoms with Gasteiger partial charge in [-0.3, -0.25) is 0 Å². The predicted molar refractivity (Wildman–Crippen MR) is 66.8 cm³/mol. The van der Waals surface area contributed by atoms with E-state index < -0.39 is 0 Å². The summed E-state index contributed by atoms with van der Waals surface area (Å²) < 4.78 is 0. The Bertz CT molecular complexity index is 310. The number of halogens is 2. The Balaban J connectivity index is 0. The molecule has 18 heavy (non-hydrogen) atoms. The summed E-state index contributed by atoms with van der Waals surface area (Å²) in [7, 11) is 0. The monoisotopic (exact) mass is 288 g/mol. The minimum Gasteiger partial charge on any atom is -1.00 e. The minimum atomic E-state index is 0. The van der Waals surface area contributed by atoms with Crippen molar-refractivity contribution in [3.63, 3.8) is 0 Å². The molecule has 0 radical (unpaired) electrons. The Morgan fingerprint density at radius 1 is 0.778 bits per heavy atom. The molecule has 0 aromatic heterocycles. The first-order valence-corrected chi connectivity index (χ1v) is 5.25. The van der Waals surface area contributed by atoms with Crippen molar-refractivity contribution in [2.45, 2.75) is 13.8 Å². The molecular weight excluding hydrogens is 271 g/mol. The van der Waals surface area contributed by atoms with Gasteiger partial charge in [-0.1, -0.05) is 0 Å². The van der Waals surface area contributed by atoms with E-state index in [1.54, 1.807) is 12.4 Å². The van der Waals surface area contributed by atoms with Gasteiger partial charge in [-0.05, 0) is 26.0 Å². The largest absolute Gasteiger partial charge is 1.00 e. The molecule has 0 aromatic carbocycles. The van der Waals surface area contributed by atoms with Gasteiger partial charge in [-0.25, -0.2) is 19.8 Å². The number of quaternary nitrogens is 2. The lowest BCUT2D eigenvalue weighted by atomic mass is 10.6. The SMILES string of the molecule is CC=C[NH+]1C=CN=C1.CC=C[NH+]1C=CN=C1.[Cl-].[Cl-]. The predicted octanol–water partition coefficient (Wildman–Crippen LogP) is -6.16. The van der Waals surface area contributed by atoms with Gasteiger partial charge in [0, 0.05) is 0 Å². The van der Waals surface area contributed by atoms with Crippen molar-refractivity contribution in [1.82, 2.24) is 0 Å². The zero-order chi connectivity index (χ0) is 11.6. The van der Waals surface area contributed by atoms with E-state index in [1.807, 2.05) is 63.5 Å². The van der Waals surface area contributed by atoms with Crippen LogP contribution in [0.2, 0.25) is 0 Å². The van der Waals surface area contributed by atoms with Crippen LogP contribution in [0.3, 0.4) is 0 Å². The molecule has 0 aromatic rings. The van der Waals surface area contributed by atoms with Gasteiger partial charge in [-0.2, -0.15) is 0 Å². The molecule has 2 heterocycles. The molecule has 2 rings (SSSR count). The van der Waals surface area contributed by atoms with Crippen molar-refractivity contribution < 1.29 is 34.6 Å². The van der Waals surface area contributed by atoms with Crippen molar-refractivity contribution >= 4 is 12.7 Å². The van der Waals surface area contributed by atoms with Crippen molar-refractivity contribution in [1.29, 1.82) is 0 Å². The summed E-state index contributed by atoms with van der Waals surface area (Å²) in [6.45, 7) is 3.99. The molecule has 0 amide bonds. The van der Waals surface area contributed by atoms with E-state index in [-0.39, 0.29) is 24.8 Å². The van der Waals surface area contributed by atoms with Gasteiger partial charge in [0.15, 0.2) is 12.7 Å². The molecule has 2 N–H and O–H groups in total. The first-order valence-electron chi connectivity index (χ1n) is 5.25. The van der Waals surface area contributed by atoms with Crippen LogP contribution in [0.1, 0.15) is 13.8 Å². The highest BCUT2D eigenvalue weighted by molar-refractivity contribution is 5.48. The van der Waals surface area contributed by atoms with Crippen molar-refractivity contribution in [3.05, 3.63) is 49.4 Å². The lowest BCUT2D eigenvalue weighted by molar-refractivity contribution is -0.671. The molecule has 2 unspecified atom stereocenters. The molecule has 0 fully saturated rings. The topological polar surface area (TPSA) is 33.6 Å². The molecular formula is C12H18Cl2N4. The Kier molecular flexibility index (Phi) is 13.0. The van der Waals surface area contributed by atoms with Crippen LogP contribution in [-0.4, -0.2) is 12.7 Å². The van der Waals surface area contributed by atoms with Crippen molar-refractivity contribution in [2.24, 2.45) is 9.98 Å².